The minimum atomic E-state index is -3.52. The smallest absolute Gasteiger partial charge is 0.252 e. The van der Waals surface area contributed by atoms with E-state index in [0.717, 1.165) is 35.6 Å². The largest absolute Gasteiger partial charge is 0.386 e. The molecule has 6 aliphatic heterocycles. The van der Waals surface area contributed by atoms with Crippen LogP contribution in [0.2, 0.25) is 0 Å². The minimum Gasteiger partial charge on any atom is -0.386 e. The maximum atomic E-state index is 13.3. The van der Waals surface area contributed by atoms with Crippen LogP contribution < -0.4 is 9.80 Å². The number of benzene rings is 2. The summed E-state index contributed by atoms with van der Waals surface area (Å²) in [6, 6.07) is 24.2. The Morgan fingerprint density at radius 2 is 0.853 bits per heavy atom. The zero-order chi connectivity index (χ0) is 47.8. The van der Waals surface area contributed by atoms with Gasteiger partial charge in [0.2, 0.25) is 0 Å². The van der Waals surface area contributed by atoms with Crippen LogP contribution in [0.15, 0.2) is 92.0 Å². The fourth-order valence-corrected chi connectivity index (χ4v) is 14.8. The van der Waals surface area contributed by atoms with E-state index >= 15 is 0 Å². The van der Waals surface area contributed by atoms with Gasteiger partial charge in [0.05, 0.1) is 100 Å². The van der Waals surface area contributed by atoms with Crippen LogP contribution in [-0.2, 0) is 50.2 Å². The molecule has 68 heavy (non-hydrogen) atoms. The molecule has 0 unspecified atom stereocenters. The number of piperazine rings is 2. The normalized spacial score (nSPS) is 23.2. The summed E-state index contributed by atoms with van der Waals surface area (Å²) in [5.41, 5.74) is 1.98. The fourth-order valence-electron chi connectivity index (χ4n) is 9.62. The molecule has 0 amide bonds. The average Bonchev–Trinajstić information content (AvgIpc) is 3.98. The van der Waals surface area contributed by atoms with Gasteiger partial charge in [0.15, 0.2) is 0 Å². The van der Waals surface area contributed by atoms with Gasteiger partial charge in [-0.3, -0.25) is 9.80 Å². The van der Waals surface area contributed by atoms with Crippen LogP contribution in [0, 0.1) is 0 Å². The van der Waals surface area contributed by atoms with Gasteiger partial charge in [-0.05, 0) is 86.0 Å². The highest BCUT2D eigenvalue weighted by Crippen LogP contribution is 2.33. The third-order valence-electron chi connectivity index (χ3n) is 14.1. The highest BCUT2D eigenvalue weighted by atomic mass is 32.3. The summed E-state index contributed by atoms with van der Waals surface area (Å²) >= 11 is 2.53. The zero-order valence-electron chi connectivity index (χ0n) is 39.3. The van der Waals surface area contributed by atoms with Gasteiger partial charge in [-0.1, -0.05) is 36.4 Å². The van der Waals surface area contributed by atoms with Gasteiger partial charge in [-0.2, -0.15) is 8.61 Å². The van der Waals surface area contributed by atoms with Crippen molar-refractivity contribution in [2.45, 2.75) is 83.6 Å². The van der Waals surface area contributed by atoms with Crippen molar-refractivity contribution in [1.82, 2.24) is 18.4 Å². The summed E-state index contributed by atoms with van der Waals surface area (Å²) in [5, 5.41) is 24.3. The molecule has 2 N–H and O–H groups in total. The fraction of sp³-hybridized carbons (Fsp3) is 0.583. The standard InChI is InChI=1S/2C24H33N3O5S2/c2*1-24(2,28)18-5-7-19(8-6-18)26-10-9-25(34(29,30)23-4-3-11-33-23)12-20(26)13-27(21-14-31-15-21)22-16-32-17-22/h2*3-8,11,20-22,28H,9-10,12-17H2,1-2H3/t2*20-/m11/s1. The lowest BCUT2D eigenvalue weighted by Gasteiger charge is -2.50. The summed E-state index contributed by atoms with van der Waals surface area (Å²) in [5.74, 6) is 0. The van der Waals surface area contributed by atoms with Gasteiger partial charge in [-0.25, -0.2) is 16.8 Å². The van der Waals surface area contributed by atoms with Crippen LogP contribution in [0.1, 0.15) is 38.8 Å². The second-order valence-corrected chi connectivity index (χ2v) is 25.9. The first-order valence-electron chi connectivity index (χ1n) is 23.6. The molecule has 6 fully saturated rings. The number of hydrogen-bond donors (Lipinski definition) is 2. The molecule has 372 valence electrons. The molecule has 8 heterocycles. The van der Waals surface area contributed by atoms with Gasteiger partial charge < -0.3 is 39.0 Å². The Morgan fingerprint density at radius 1 is 0.529 bits per heavy atom. The number of hydrogen-bond acceptors (Lipinski definition) is 16. The number of nitrogens with zero attached hydrogens (tertiary/aromatic N) is 6. The third-order valence-corrected chi connectivity index (χ3v) is 20.6. The van der Waals surface area contributed by atoms with Crippen LogP contribution in [0.4, 0.5) is 11.4 Å². The molecule has 6 saturated heterocycles. The SMILES string of the molecule is CC(C)(O)c1ccc(N2CCN(S(=O)(=O)c3cccs3)C[C@@H]2CN(C2COC2)C2COC2)cc1.CC(C)(O)c1ccc(N2CCN(S(=O)(=O)c3cccs3)C[C@@H]2CN(C2COC2)C2COC2)cc1. The Labute approximate surface area is 409 Å². The average molecular weight is 1020 g/mol. The molecule has 0 saturated carbocycles. The van der Waals surface area contributed by atoms with Gasteiger partial charge in [-0.15, -0.1) is 22.7 Å². The quantitative estimate of drug-likeness (QED) is 0.166. The Bertz CT molecular complexity index is 2270. The van der Waals surface area contributed by atoms with Crippen LogP contribution in [0.3, 0.4) is 0 Å². The highest BCUT2D eigenvalue weighted by Gasteiger charge is 2.43. The molecule has 4 aromatic rings. The summed E-state index contributed by atoms with van der Waals surface area (Å²) in [6.45, 7) is 17.2. The van der Waals surface area contributed by atoms with Crippen molar-refractivity contribution in [3.05, 3.63) is 94.7 Å². The lowest BCUT2D eigenvalue weighted by atomic mass is 9.98. The Morgan fingerprint density at radius 3 is 1.10 bits per heavy atom. The second kappa shape index (κ2) is 20.6. The van der Waals surface area contributed by atoms with E-state index in [0.29, 0.717) is 125 Å². The van der Waals surface area contributed by atoms with Crippen LogP contribution in [-0.4, -0.2) is 187 Å². The summed E-state index contributed by atoms with van der Waals surface area (Å²) in [6.07, 6.45) is 0. The molecule has 2 aromatic heterocycles. The van der Waals surface area contributed by atoms with Crippen molar-refractivity contribution in [3.63, 3.8) is 0 Å². The van der Waals surface area contributed by atoms with Crippen LogP contribution in [0.5, 0.6) is 0 Å². The van der Waals surface area contributed by atoms with E-state index < -0.39 is 31.2 Å². The molecule has 10 rings (SSSR count). The van der Waals surface area contributed by atoms with Crippen molar-refractivity contribution in [2.24, 2.45) is 0 Å². The van der Waals surface area contributed by atoms with Gasteiger partial charge >= 0.3 is 0 Å². The maximum Gasteiger partial charge on any atom is 0.252 e. The molecule has 0 aliphatic carbocycles. The topological polar surface area (TPSA) is 165 Å². The first-order chi connectivity index (χ1) is 32.5. The Balaban J connectivity index is 0.000000170. The molecule has 20 heteroatoms. The van der Waals surface area contributed by atoms with Gasteiger partial charge in [0.25, 0.3) is 20.0 Å². The zero-order valence-corrected chi connectivity index (χ0v) is 42.6. The van der Waals surface area contributed by atoms with Gasteiger partial charge in [0.1, 0.15) is 8.42 Å². The van der Waals surface area contributed by atoms with E-state index in [4.69, 9.17) is 18.9 Å². The lowest BCUT2D eigenvalue weighted by Crippen LogP contribution is -2.65. The molecule has 2 aromatic carbocycles. The minimum absolute atomic E-state index is 0.0160. The molecular weight excluding hydrogens is 949 g/mol. The number of anilines is 2. The summed E-state index contributed by atoms with van der Waals surface area (Å²) in [7, 11) is -7.04. The van der Waals surface area contributed by atoms with E-state index in [1.54, 1.807) is 71.3 Å². The number of rotatable bonds is 16. The summed E-state index contributed by atoms with van der Waals surface area (Å²) in [4.78, 5) is 9.55. The first kappa shape index (κ1) is 49.9. The molecule has 0 spiro atoms. The van der Waals surface area contributed by atoms with E-state index in [1.165, 1.54) is 22.7 Å². The van der Waals surface area contributed by atoms with E-state index in [-0.39, 0.29) is 12.1 Å². The maximum absolute atomic E-state index is 13.3. The lowest BCUT2D eigenvalue weighted by molar-refractivity contribution is -0.139. The number of sulfonamides is 2. The van der Waals surface area contributed by atoms with E-state index in [9.17, 15) is 27.0 Å². The van der Waals surface area contributed by atoms with Crippen LogP contribution in [0.25, 0.3) is 0 Å². The first-order valence-corrected chi connectivity index (χ1v) is 28.2. The molecule has 16 nitrogen and oxygen atoms in total. The third kappa shape index (κ3) is 10.9. The van der Waals surface area contributed by atoms with Crippen molar-refractivity contribution in [2.75, 3.05) is 115 Å². The Kier molecular flexibility index (Phi) is 15.1. The molecule has 2 atom stereocenters. The predicted octanol–water partition coefficient (Wildman–Crippen LogP) is 3.91. The van der Waals surface area contributed by atoms with Crippen molar-refractivity contribution in [1.29, 1.82) is 0 Å². The monoisotopic (exact) mass is 1010 g/mol. The van der Waals surface area contributed by atoms with Crippen molar-refractivity contribution >= 4 is 54.1 Å². The molecular formula is C48H66N6O10S4. The second-order valence-electron chi connectivity index (χ2n) is 19.7. The van der Waals surface area contributed by atoms with Gasteiger partial charge in [0, 0.05) is 63.7 Å². The van der Waals surface area contributed by atoms with E-state index in [2.05, 4.69) is 19.6 Å². The molecule has 0 radical (unpaired) electrons. The summed E-state index contributed by atoms with van der Waals surface area (Å²) < 4.78 is 79.2. The number of ether oxygens (including phenoxy) is 4. The number of thiophene rings is 2. The highest BCUT2D eigenvalue weighted by molar-refractivity contribution is 7.91. The van der Waals surface area contributed by atoms with Crippen LogP contribution >= 0.6 is 22.7 Å². The Hall–Kier alpha value is -3.06. The van der Waals surface area contributed by atoms with Crippen molar-refractivity contribution < 1.29 is 46.0 Å². The van der Waals surface area contributed by atoms with Crippen molar-refractivity contribution in [3.8, 4) is 0 Å². The predicted molar refractivity (Wildman–Crippen MR) is 264 cm³/mol. The molecule has 6 aliphatic rings. The number of aliphatic hydroxyl groups is 2. The van der Waals surface area contributed by atoms with E-state index in [1.807, 2.05) is 48.5 Å². The molecule has 0 bridgehead atoms.